The highest BCUT2D eigenvalue weighted by molar-refractivity contribution is 6.18. The van der Waals surface area contributed by atoms with Gasteiger partial charge in [-0.1, -0.05) is 18.2 Å². The SMILES string of the molecule is COC(=O)C(NC(=O)OC(C)C)C(=O)c1c[nH]c2ccccc12. The smallest absolute Gasteiger partial charge is 0.408 e. The largest absolute Gasteiger partial charge is 0.467 e. The molecule has 0 aliphatic carbocycles. The molecule has 1 heterocycles. The van der Waals surface area contributed by atoms with E-state index in [0.29, 0.717) is 10.9 Å². The molecular weight excluding hydrogens is 300 g/mol. The van der Waals surface area contributed by atoms with Crippen LogP contribution < -0.4 is 5.32 Å². The molecule has 0 radical (unpaired) electrons. The number of para-hydroxylation sites is 1. The Balaban J connectivity index is 2.30. The third-order valence-corrected chi connectivity index (χ3v) is 3.16. The minimum absolute atomic E-state index is 0.292. The Labute approximate surface area is 133 Å². The third-order valence-electron chi connectivity index (χ3n) is 3.16. The zero-order chi connectivity index (χ0) is 17.0. The Morgan fingerprint density at radius 3 is 2.52 bits per heavy atom. The van der Waals surface area contributed by atoms with E-state index >= 15 is 0 Å². The molecule has 0 saturated carbocycles. The summed E-state index contributed by atoms with van der Waals surface area (Å²) in [4.78, 5) is 39.2. The van der Waals surface area contributed by atoms with Crippen molar-refractivity contribution in [2.45, 2.75) is 26.0 Å². The molecule has 0 spiro atoms. The molecule has 2 aromatic rings. The normalized spacial score (nSPS) is 12.0. The van der Waals surface area contributed by atoms with Gasteiger partial charge in [-0.3, -0.25) is 4.79 Å². The second-order valence-corrected chi connectivity index (χ2v) is 5.17. The van der Waals surface area contributed by atoms with Crippen molar-refractivity contribution in [2.24, 2.45) is 0 Å². The highest BCUT2D eigenvalue weighted by atomic mass is 16.6. The standard InChI is InChI=1S/C16H18N2O5/c1-9(2)23-16(21)18-13(15(20)22-3)14(19)11-8-17-12-7-5-4-6-10(11)12/h4-9,13,17H,1-3H3,(H,18,21). The van der Waals surface area contributed by atoms with Crippen LogP contribution in [-0.4, -0.2) is 42.1 Å². The van der Waals surface area contributed by atoms with Gasteiger partial charge in [0.15, 0.2) is 11.8 Å². The Hall–Kier alpha value is -2.83. The molecule has 23 heavy (non-hydrogen) atoms. The highest BCUT2D eigenvalue weighted by Crippen LogP contribution is 2.19. The molecule has 1 aromatic heterocycles. The predicted octanol–water partition coefficient (Wildman–Crippen LogP) is 2.03. The summed E-state index contributed by atoms with van der Waals surface area (Å²) < 4.78 is 9.52. The molecule has 1 unspecified atom stereocenters. The molecule has 1 aromatic carbocycles. The van der Waals surface area contributed by atoms with E-state index in [1.165, 1.54) is 6.20 Å². The number of aromatic nitrogens is 1. The summed E-state index contributed by atoms with van der Waals surface area (Å²) in [5, 5.41) is 2.91. The van der Waals surface area contributed by atoms with E-state index in [2.05, 4.69) is 15.0 Å². The van der Waals surface area contributed by atoms with Crippen molar-refractivity contribution in [3.8, 4) is 0 Å². The summed E-state index contributed by atoms with van der Waals surface area (Å²) >= 11 is 0. The summed E-state index contributed by atoms with van der Waals surface area (Å²) in [5.41, 5.74) is 1.05. The molecule has 2 rings (SSSR count). The first-order chi connectivity index (χ1) is 10.9. The first-order valence-electron chi connectivity index (χ1n) is 7.09. The Bertz CT molecular complexity index is 735. The summed E-state index contributed by atoms with van der Waals surface area (Å²) in [6.07, 6.45) is 0.262. The average molecular weight is 318 g/mol. The average Bonchev–Trinajstić information content (AvgIpc) is 2.94. The third kappa shape index (κ3) is 3.68. The van der Waals surface area contributed by atoms with Crippen LogP contribution in [0.3, 0.4) is 0 Å². The van der Waals surface area contributed by atoms with Crippen molar-refractivity contribution in [3.63, 3.8) is 0 Å². The van der Waals surface area contributed by atoms with Crippen LogP contribution in [0.1, 0.15) is 24.2 Å². The van der Waals surface area contributed by atoms with Gasteiger partial charge >= 0.3 is 12.1 Å². The maximum atomic E-state index is 12.7. The topological polar surface area (TPSA) is 97.5 Å². The molecule has 7 nitrogen and oxygen atoms in total. The van der Waals surface area contributed by atoms with Crippen molar-refractivity contribution in [1.82, 2.24) is 10.3 Å². The summed E-state index contributed by atoms with van der Waals surface area (Å²) in [5.74, 6) is -1.43. The number of rotatable bonds is 5. The van der Waals surface area contributed by atoms with Crippen molar-refractivity contribution >= 4 is 28.7 Å². The predicted molar refractivity (Wildman–Crippen MR) is 83.2 cm³/mol. The lowest BCUT2D eigenvalue weighted by Gasteiger charge is -2.16. The number of esters is 1. The van der Waals surface area contributed by atoms with E-state index in [0.717, 1.165) is 12.6 Å². The van der Waals surface area contributed by atoms with E-state index in [1.807, 2.05) is 6.07 Å². The van der Waals surface area contributed by atoms with Gasteiger partial charge in [0.2, 0.25) is 0 Å². The Kier molecular flexibility index (Phi) is 5.00. The minimum atomic E-state index is -1.47. The Morgan fingerprint density at radius 1 is 1.17 bits per heavy atom. The van der Waals surface area contributed by atoms with Crippen molar-refractivity contribution < 1.29 is 23.9 Å². The number of amides is 1. The van der Waals surface area contributed by atoms with Gasteiger partial charge in [-0.2, -0.15) is 0 Å². The van der Waals surface area contributed by atoms with Crippen LogP contribution in [0.2, 0.25) is 0 Å². The number of aromatic amines is 1. The number of hydrogen-bond donors (Lipinski definition) is 2. The number of benzene rings is 1. The second kappa shape index (κ2) is 6.95. The number of alkyl carbamates (subject to hydrolysis) is 1. The Morgan fingerprint density at radius 2 is 1.87 bits per heavy atom. The van der Waals surface area contributed by atoms with Gasteiger partial charge in [0.1, 0.15) is 0 Å². The van der Waals surface area contributed by atoms with Crippen LogP contribution in [0.15, 0.2) is 30.5 Å². The molecule has 0 aliphatic rings. The highest BCUT2D eigenvalue weighted by Gasteiger charge is 2.32. The van der Waals surface area contributed by atoms with Crippen molar-refractivity contribution in [3.05, 3.63) is 36.0 Å². The zero-order valence-corrected chi connectivity index (χ0v) is 13.1. The van der Waals surface area contributed by atoms with Crippen molar-refractivity contribution in [2.75, 3.05) is 7.11 Å². The lowest BCUT2D eigenvalue weighted by atomic mass is 10.0. The second-order valence-electron chi connectivity index (χ2n) is 5.17. The summed E-state index contributed by atoms with van der Waals surface area (Å²) in [6, 6.07) is 5.69. The van der Waals surface area contributed by atoms with Crippen LogP contribution >= 0.6 is 0 Å². The van der Waals surface area contributed by atoms with E-state index in [-0.39, 0.29) is 6.10 Å². The number of carbonyl (C=O) groups is 3. The number of H-pyrrole nitrogens is 1. The lowest BCUT2D eigenvalue weighted by Crippen LogP contribution is -2.47. The number of carbonyl (C=O) groups excluding carboxylic acids is 3. The van der Waals surface area contributed by atoms with Gasteiger partial charge < -0.3 is 19.8 Å². The molecule has 7 heteroatoms. The zero-order valence-electron chi connectivity index (χ0n) is 13.1. The first-order valence-corrected chi connectivity index (χ1v) is 7.09. The molecule has 0 saturated heterocycles. The minimum Gasteiger partial charge on any atom is -0.467 e. The number of hydrogen-bond acceptors (Lipinski definition) is 5. The summed E-state index contributed by atoms with van der Waals surface area (Å²) in [7, 11) is 1.15. The van der Waals surface area contributed by atoms with E-state index in [9.17, 15) is 14.4 Å². The first kappa shape index (κ1) is 16.5. The maximum absolute atomic E-state index is 12.7. The monoisotopic (exact) mass is 318 g/mol. The number of ketones is 1. The van der Waals surface area contributed by atoms with Gasteiger partial charge in [-0.15, -0.1) is 0 Å². The van der Waals surface area contributed by atoms with Gasteiger partial charge in [0, 0.05) is 22.7 Å². The number of nitrogens with one attached hydrogen (secondary N) is 2. The number of fused-ring (bicyclic) bond motifs is 1. The lowest BCUT2D eigenvalue weighted by molar-refractivity contribution is -0.141. The van der Waals surface area contributed by atoms with Crippen LogP contribution in [0.5, 0.6) is 0 Å². The van der Waals surface area contributed by atoms with Crippen LogP contribution in [0.25, 0.3) is 10.9 Å². The molecule has 0 bridgehead atoms. The number of methoxy groups -OCH3 is 1. The molecular formula is C16H18N2O5. The number of ether oxygens (including phenoxy) is 2. The van der Waals surface area contributed by atoms with Crippen LogP contribution in [0, 0.1) is 0 Å². The fraction of sp³-hybridized carbons (Fsp3) is 0.312. The van der Waals surface area contributed by atoms with Crippen LogP contribution in [-0.2, 0) is 14.3 Å². The molecule has 122 valence electrons. The molecule has 2 N–H and O–H groups in total. The summed E-state index contributed by atoms with van der Waals surface area (Å²) in [6.45, 7) is 3.32. The van der Waals surface area contributed by atoms with E-state index in [4.69, 9.17) is 4.74 Å². The maximum Gasteiger partial charge on any atom is 0.408 e. The van der Waals surface area contributed by atoms with Gasteiger partial charge in [-0.05, 0) is 19.9 Å². The molecule has 0 fully saturated rings. The van der Waals surface area contributed by atoms with Crippen LogP contribution in [0.4, 0.5) is 4.79 Å². The van der Waals surface area contributed by atoms with E-state index in [1.54, 1.807) is 32.0 Å². The molecule has 0 aliphatic heterocycles. The van der Waals surface area contributed by atoms with Gasteiger partial charge in [0.05, 0.1) is 13.2 Å². The molecule has 1 amide bonds. The van der Waals surface area contributed by atoms with Crippen molar-refractivity contribution in [1.29, 1.82) is 0 Å². The fourth-order valence-corrected chi connectivity index (χ4v) is 2.15. The quantitative estimate of drug-likeness (QED) is 0.499. The van der Waals surface area contributed by atoms with Gasteiger partial charge in [0.25, 0.3) is 0 Å². The van der Waals surface area contributed by atoms with E-state index < -0.39 is 23.9 Å². The fourth-order valence-electron chi connectivity index (χ4n) is 2.15. The molecule has 1 atom stereocenters. The van der Waals surface area contributed by atoms with Gasteiger partial charge in [-0.25, -0.2) is 9.59 Å². The number of Topliss-reactive ketones (excluding diaryl/α,β-unsaturated/α-hetero) is 1.